The Morgan fingerprint density at radius 3 is 2.84 bits per heavy atom. The van der Waals surface area contributed by atoms with Crippen molar-refractivity contribution >= 4 is 18.3 Å². The van der Waals surface area contributed by atoms with Gasteiger partial charge in [-0.25, -0.2) is 0 Å². The Hall–Kier alpha value is -2.05. The Morgan fingerprint density at radius 2 is 2.08 bits per heavy atom. The minimum absolute atomic E-state index is 0. The van der Waals surface area contributed by atoms with Crippen molar-refractivity contribution in [2.75, 3.05) is 19.7 Å². The molecule has 1 saturated heterocycles. The lowest BCUT2D eigenvalue weighted by molar-refractivity contribution is -0.133. The van der Waals surface area contributed by atoms with Crippen molar-refractivity contribution < 1.29 is 9.53 Å². The summed E-state index contributed by atoms with van der Waals surface area (Å²) in [6, 6.07) is 9.80. The summed E-state index contributed by atoms with van der Waals surface area (Å²) in [7, 11) is 0. The second-order valence-corrected chi connectivity index (χ2v) is 6.43. The van der Waals surface area contributed by atoms with Gasteiger partial charge in [0.15, 0.2) is 0 Å². The van der Waals surface area contributed by atoms with E-state index in [2.05, 4.69) is 15.7 Å². The molecule has 7 heteroatoms. The summed E-state index contributed by atoms with van der Waals surface area (Å²) in [4.78, 5) is 13.3. The van der Waals surface area contributed by atoms with Crippen LogP contribution in [-0.4, -0.2) is 35.4 Å². The number of carbonyl (C=O) groups excluding carboxylic acids is 1. The minimum atomic E-state index is -0.609. The molecule has 0 radical (unpaired) electrons. The van der Waals surface area contributed by atoms with E-state index in [0.717, 1.165) is 43.7 Å². The van der Waals surface area contributed by atoms with E-state index in [1.165, 1.54) is 0 Å². The molecule has 2 aromatic rings. The summed E-state index contributed by atoms with van der Waals surface area (Å²) in [5, 5.41) is 11.0. The van der Waals surface area contributed by atoms with Crippen LogP contribution in [0.1, 0.15) is 30.9 Å². The summed E-state index contributed by atoms with van der Waals surface area (Å²) >= 11 is 0. The molecule has 1 aromatic heterocycles. The molecule has 134 valence electrons. The zero-order valence-corrected chi connectivity index (χ0v) is 14.8. The smallest absolute Gasteiger partial charge is 0.248 e. The quantitative estimate of drug-likeness (QED) is 0.876. The van der Waals surface area contributed by atoms with Gasteiger partial charge >= 0.3 is 0 Å². The Kier molecular flexibility index (Phi) is 5.30. The van der Waals surface area contributed by atoms with Crippen molar-refractivity contribution in [3.8, 4) is 5.75 Å². The zero-order valence-electron chi connectivity index (χ0n) is 14.0. The van der Waals surface area contributed by atoms with Crippen LogP contribution in [0, 0.1) is 0 Å². The molecule has 1 fully saturated rings. The monoisotopic (exact) mass is 362 g/mol. The van der Waals surface area contributed by atoms with Crippen LogP contribution < -0.4 is 15.4 Å². The first kappa shape index (κ1) is 17.8. The van der Waals surface area contributed by atoms with E-state index in [0.29, 0.717) is 6.61 Å². The first-order chi connectivity index (χ1) is 11.8. The number of hydrogen-bond donors (Lipinski definition) is 2. The van der Waals surface area contributed by atoms with Crippen LogP contribution in [0.2, 0.25) is 0 Å². The second-order valence-electron chi connectivity index (χ2n) is 6.43. The SMILES string of the molecule is Cl.O=C(NC1CCOc2ccccc21)C1(n2cccn2)CCNCC1. The molecule has 0 saturated carbocycles. The Bertz CT molecular complexity index is 714. The maximum atomic E-state index is 13.3. The standard InChI is InChI=1S/C18H22N4O2.ClH/c23-17(18(7-10-19-11-8-18)22-12-3-9-20-22)21-15-6-13-24-16-5-2-1-4-14(15)16;/h1-5,9,12,15,19H,6-8,10-11,13H2,(H,21,23);1H. The summed E-state index contributed by atoms with van der Waals surface area (Å²) in [5.41, 5.74) is 0.448. The lowest BCUT2D eigenvalue weighted by atomic mass is 9.86. The molecule has 4 rings (SSSR count). The molecule has 0 bridgehead atoms. The van der Waals surface area contributed by atoms with Gasteiger partial charge in [0.25, 0.3) is 0 Å². The van der Waals surface area contributed by atoms with Gasteiger partial charge in [-0.3, -0.25) is 9.48 Å². The molecule has 0 aliphatic carbocycles. The summed E-state index contributed by atoms with van der Waals surface area (Å²) in [6.45, 7) is 2.26. The average Bonchev–Trinajstić information content (AvgIpc) is 3.18. The largest absolute Gasteiger partial charge is 0.493 e. The number of hydrogen-bond acceptors (Lipinski definition) is 4. The topological polar surface area (TPSA) is 68.2 Å². The van der Waals surface area contributed by atoms with E-state index in [-0.39, 0.29) is 24.4 Å². The van der Waals surface area contributed by atoms with Gasteiger partial charge in [-0.05, 0) is 38.1 Å². The Labute approximate surface area is 153 Å². The van der Waals surface area contributed by atoms with Crippen molar-refractivity contribution in [3.63, 3.8) is 0 Å². The molecule has 1 aromatic carbocycles. The molecular formula is C18H23ClN4O2. The number of fused-ring (bicyclic) bond motifs is 1. The number of amides is 1. The molecule has 2 N–H and O–H groups in total. The van der Waals surface area contributed by atoms with Crippen molar-refractivity contribution in [2.24, 2.45) is 0 Å². The molecule has 0 spiro atoms. The number of carbonyl (C=O) groups is 1. The summed E-state index contributed by atoms with van der Waals surface area (Å²) in [5.74, 6) is 0.918. The first-order valence-electron chi connectivity index (χ1n) is 8.53. The Morgan fingerprint density at radius 1 is 1.28 bits per heavy atom. The van der Waals surface area contributed by atoms with Crippen LogP contribution in [0.25, 0.3) is 0 Å². The summed E-state index contributed by atoms with van der Waals surface area (Å²) in [6.07, 6.45) is 5.90. The molecule has 1 amide bonds. The number of para-hydroxylation sites is 1. The highest BCUT2D eigenvalue weighted by Crippen LogP contribution is 2.34. The number of aromatic nitrogens is 2. The maximum Gasteiger partial charge on any atom is 0.248 e. The molecule has 1 atom stereocenters. The van der Waals surface area contributed by atoms with Crippen molar-refractivity contribution in [1.29, 1.82) is 0 Å². The normalized spacial score (nSPS) is 21.4. The van der Waals surface area contributed by atoms with Crippen LogP contribution in [0.3, 0.4) is 0 Å². The van der Waals surface area contributed by atoms with E-state index < -0.39 is 5.54 Å². The van der Waals surface area contributed by atoms with Crippen LogP contribution in [0.15, 0.2) is 42.7 Å². The first-order valence-corrected chi connectivity index (χ1v) is 8.53. The molecule has 2 aliphatic rings. The highest BCUT2D eigenvalue weighted by atomic mass is 35.5. The van der Waals surface area contributed by atoms with E-state index in [1.807, 2.05) is 41.2 Å². The van der Waals surface area contributed by atoms with E-state index >= 15 is 0 Å². The highest BCUT2D eigenvalue weighted by Gasteiger charge is 2.43. The number of halogens is 1. The van der Waals surface area contributed by atoms with Crippen LogP contribution in [-0.2, 0) is 10.3 Å². The van der Waals surface area contributed by atoms with Crippen molar-refractivity contribution in [2.45, 2.75) is 30.8 Å². The predicted octanol–water partition coefficient (Wildman–Crippen LogP) is 2.02. The van der Waals surface area contributed by atoms with Crippen LogP contribution >= 0.6 is 12.4 Å². The third kappa shape index (κ3) is 3.24. The third-order valence-corrected chi connectivity index (χ3v) is 5.06. The van der Waals surface area contributed by atoms with E-state index in [4.69, 9.17) is 4.74 Å². The van der Waals surface area contributed by atoms with Crippen LogP contribution in [0.5, 0.6) is 5.75 Å². The zero-order chi connectivity index (χ0) is 16.4. The van der Waals surface area contributed by atoms with Crippen molar-refractivity contribution in [3.05, 3.63) is 48.3 Å². The second kappa shape index (κ2) is 7.45. The van der Waals surface area contributed by atoms with Gasteiger partial charge in [0.1, 0.15) is 11.3 Å². The minimum Gasteiger partial charge on any atom is -0.493 e. The lowest BCUT2D eigenvalue weighted by Gasteiger charge is -2.38. The van der Waals surface area contributed by atoms with Gasteiger partial charge in [0, 0.05) is 24.4 Å². The van der Waals surface area contributed by atoms with Crippen LogP contribution in [0.4, 0.5) is 0 Å². The maximum absolute atomic E-state index is 13.3. The van der Waals surface area contributed by atoms with E-state index in [1.54, 1.807) is 6.20 Å². The molecular weight excluding hydrogens is 340 g/mol. The number of nitrogens with one attached hydrogen (secondary N) is 2. The number of ether oxygens (including phenoxy) is 1. The highest BCUT2D eigenvalue weighted by molar-refractivity contribution is 5.85. The molecule has 25 heavy (non-hydrogen) atoms. The number of nitrogens with zero attached hydrogens (tertiary/aromatic N) is 2. The molecule has 3 heterocycles. The van der Waals surface area contributed by atoms with Gasteiger partial charge in [-0.15, -0.1) is 12.4 Å². The van der Waals surface area contributed by atoms with Gasteiger partial charge in [0.05, 0.1) is 12.6 Å². The lowest BCUT2D eigenvalue weighted by Crippen LogP contribution is -2.55. The van der Waals surface area contributed by atoms with Gasteiger partial charge < -0.3 is 15.4 Å². The predicted molar refractivity (Wildman–Crippen MR) is 97.0 cm³/mol. The third-order valence-electron chi connectivity index (χ3n) is 5.06. The molecule has 2 aliphatic heterocycles. The van der Waals surface area contributed by atoms with Gasteiger partial charge in [-0.2, -0.15) is 5.10 Å². The van der Waals surface area contributed by atoms with Gasteiger partial charge in [0.2, 0.25) is 5.91 Å². The molecule has 6 nitrogen and oxygen atoms in total. The molecule has 1 unspecified atom stereocenters. The van der Waals surface area contributed by atoms with E-state index in [9.17, 15) is 4.79 Å². The number of benzene rings is 1. The van der Waals surface area contributed by atoms with Crippen molar-refractivity contribution in [1.82, 2.24) is 20.4 Å². The Balaban J connectivity index is 0.00000182. The average molecular weight is 363 g/mol. The summed E-state index contributed by atoms with van der Waals surface area (Å²) < 4.78 is 7.53. The van der Waals surface area contributed by atoms with Gasteiger partial charge in [-0.1, -0.05) is 18.2 Å². The number of rotatable bonds is 3. The fourth-order valence-corrected chi connectivity index (χ4v) is 3.71. The fourth-order valence-electron chi connectivity index (χ4n) is 3.71. The fraction of sp³-hybridized carbons (Fsp3) is 0.444. The number of piperidine rings is 1.